The Morgan fingerprint density at radius 1 is 1.09 bits per heavy atom. The van der Waals surface area contributed by atoms with Gasteiger partial charge in [0.15, 0.2) is 5.69 Å². The van der Waals surface area contributed by atoms with Crippen LogP contribution < -0.4 is 20.9 Å². The molecular formula is C31H39FN6O8. The van der Waals surface area contributed by atoms with E-state index < -0.39 is 58.5 Å². The number of nitrogens with zero attached hydrogens (tertiary/aromatic N) is 4. The van der Waals surface area contributed by atoms with Gasteiger partial charge in [0.05, 0.1) is 5.54 Å². The summed E-state index contributed by atoms with van der Waals surface area (Å²) in [6, 6.07) is 5.48. The number of hydrogen-bond acceptors (Lipinski definition) is 11. The predicted molar refractivity (Wildman–Crippen MR) is 160 cm³/mol. The van der Waals surface area contributed by atoms with Crippen LogP contribution in [-0.2, 0) is 28.6 Å². The normalized spacial score (nSPS) is 14.4. The van der Waals surface area contributed by atoms with Crippen molar-refractivity contribution in [1.29, 1.82) is 0 Å². The monoisotopic (exact) mass is 642 g/mol. The fourth-order valence-electron chi connectivity index (χ4n) is 4.90. The summed E-state index contributed by atoms with van der Waals surface area (Å²) in [6.45, 7) is 8.04. The van der Waals surface area contributed by atoms with E-state index in [0.29, 0.717) is 5.56 Å². The van der Waals surface area contributed by atoms with Crippen molar-refractivity contribution in [3.05, 3.63) is 69.3 Å². The molecule has 1 fully saturated rings. The van der Waals surface area contributed by atoms with E-state index in [-0.39, 0.29) is 30.3 Å². The highest BCUT2D eigenvalue weighted by Crippen LogP contribution is 2.25. The van der Waals surface area contributed by atoms with Gasteiger partial charge in [-0.05, 0) is 57.2 Å². The molecule has 1 unspecified atom stereocenters. The first-order chi connectivity index (χ1) is 21.7. The highest BCUT2D eigenvalue weighted by atomic mass is 19.1. The summed E-state index contributed by atoms with van der Waals surface area (Å²) in [5.41, 5.74) is -1.98. The van der Waals surface area contributed by atoms with E-state index in [0.717, 1.165) is 36.7 Å². The molecule has 1 aromatic carbocycles. The molecular weight excluding hydrogens is 603 g/mol. The Morgan fingerprint density at radius 3 is 2.37 bits per heavy atom. The molecule has 0 saturated heterocycles. The first-order valence-corrected chi connectivity index (χ1v) is 15.1. The number of ether oxygens (including phenoxy) is 3. The zero-order chi connectivity index (χ0) is 33.6. The lowest BCUT2D eigenvalue weighted by Crippen LogP contribution is -2.46. The summed E-state index contributed by atoms with van der Waals surface area (Å²) >= 11 is 0. The maximum Gasteiger partial charge on any atom is 0.511 e. The molecule has 1 aliphatic carbocycles. The molecule has 2 amide bonds. The fourth-order valence-corrected chi connectivity index (χ4v) is 4.90. The number of halogens is 1. The van der Waals surface area contributed by atoms with Gasteiger partial charge in [-0.25, -0.2) is 14.2 Å². The second-order valence-corrected chi connectivity index (χ2v) is 12.0. The van der Waals surface area contributed by atoms with Gasteiger partial charge in [-0.2, -0.15) is 0 Å². The Labute approximate surface area is 265 Å². The first kappa shape index (κ1) is 34.1. The SMILES string of the molecule is Cc1nnc(C(=O)NC(C)(C)c2nc(C(=O)NCc3ccc(F)cc3)c(OC(OC(=O)OC3CCCCC3)C(C)C)c(=O)n2C)o1. The molecule has 14 nitrogen and oxygen atoms in total. The summed E-state index contributed by atoms with van der Waals surface area (Å²) in [6.07, 6.45) is 1.88. The van der Waals surface area contributed by atoms with Crippen LogP contribution in [-0.4, -0.2) is 50.1 Å². The van der Waals surface area contributed by atoms with Gasteiger partial charge in [-0.1, -0.05) is 32.4 Å². The standard InChI is InChI=1S/C31H39FN6O8/c1-17(2)28(46-30(42)44-21-10-8-7-9-11-21)45-23-22(24(39)33-16-19-12-14-20(32)15-13-19)34-29(38(6)27(23)41)31(4,5)35-25(40)26-37-36-18(3)43-26/h12-15,17,21,28H,7-11,16H2,1-6H3,(H,33,39)(H,35,40). The number of benzene rings is 1. The van der Waals surface area contributed by atoms with Crippen molar-refractivity contribution in [1.82, 2.24) is 30.4 Å². The maximum absolute atomic E-state index is 13.8. The van der Waals surface area contributed by atoms with Crippen molar-refractivity contribution in [2.45, 2.75) is 91.2 Å². The molecule has 4 rings (SSSR count). The van der Waals surface area contributed by atoms with Crippen molar-refractivity contribution >= 4 is 18.0 Å². The van der Waals surface area contributed by atoms with Gasteiger partial charge in [0, 0.05) is 26.4 Å². The summed E-state index contributed by atoms with van der Waals surface area (Å²) in [5, 5.41) is 12.7. The van der Waals surface area contributed by atoms with Crippen LogP contribution in [0.15, 0.2) is 33.5 Å². The summed E-state index contributed by atoms with van der Waals surface area (Å²) in [5.74, 6) is -3.06. The Kier molecular flexibility index (Phi) is 10.7. The van der Waals surface area contributed by atoms with Gasteiger partial charge in [-0.15, -0.1) is 10.2 Å². The maximum atomic E-state index is 13.8. The Balaban J connectivity index is 1.67. The molecule has 1 saturated carbocycles. The van der Waals surface area contributed by atoms with E-state index in [1.54, 1.807) is 27.7 Å². The molecule has 3 aromatic rings. The molecule has 248 valence electrons. The van der Waals surface area contributed by atoms with Gasteiger partial charge in [-0.3, -0.25) is 19.0 Å². The van der Waals surface area contributed by atoms with Crippen LogP contribution in [0.3, 0.4) is 0 Å². The minimum Gasteiger partial charge on any atom is -0.446 e. The molecule has 46 heavy (non-hydrogen) atoms. The topological polar surface area (TPSA) is 177 Å². The molecule has 0 aliphatic heterocycles. The molecule has 1 atom stereocenters. The van der Waals surface area contributed by atoms with E-state index in [9.17, 15) is 23.6 Å². The van der Waals surface area contributed by atoms with Crippen LogP contribution in [0, 0.1) is 18.7 Å². The van der Waals surface area contributed by atoms with Crippen LogP contribution >= 0.6 is 0 Å². The number of aryl methyl sites for hydroxylation is 1. The molecule has 0 bridgehead atoms. The minimum absolute atomic E-state index is 0.0138. The number of rotatable bonds is 11. The summed E-state index contributed by atoms with van der Waals surface area (Å²) in [4.78, 5) is 57.5. The second-order valence-electron chi connectivity index (χ2n) is 12.0. The molecule has 2 heterocycles. The highest BCUT2D eigenvalue weighted by Gasteiger charge is 2.35. The van der Waals surface area contributed by atoms with Gasteiger partial charge < -0.3 is 29.3 Å². The summed E-state index contributed by atoms with van der Waals surface area (Å²) in [7, 11) is 1.39. The van der Waals surface area contributed by atoms with Crippen LogP contribution in [0.25, 0.3) is 0 Å². The number of carbonyl (C=O) groups is 3. The average Bonchev–Trinajstić information content (AvgIpc) is 3.45. The smallest absolute Gasteiger partial charge is 0.446 e. The van der Waals surface area contributed by atoms with Crippen LogP contribution in [0.2, 0.25) is 0 Å². The molecule has 0 spiro atoms. The average molecular weight is 643 g/mol. The van der Waals surface area contributed by atoms with E-state index in [1.807, 2.05) is 0 Å². The van der Waals surface area contributed by atoms with Gasteiger partial charge in [0.25, 0.3) is 17.8 Å². The largest absolute Gasteiger partial charge is 0.511 e. The van der Waals surface area contributed by atoms with E-state index >= 15 is 0 Å². The van der Waals surface area contributed by atoms with Crippen molar-refractivity contribution in [3.8, 4) is 5.75 Å². The van der Waals surface area contributed by atoms with Crippen molar-refractivity contribution in [2.24, 2.45) is 13.0 Å². The number of amides is 2. The third-order valence-electron chi connectivity index (χ3n) is 7.34. The number of carbonyl (C=O) groups excluding carboxylic acids is 3. The zero-order valence-electron chi connectivity index (χ0n) is 26.7. The number of aromatic nitrogens is 4. The number of nitrogens with one attached hydrogen (secondary N) is 2. The zero-order valence-corrected chi connectivity index (χ0v) is 26.7. The van der Waals surface area contributed by atoms with E-state index in [1.165, 1.54) is 38.2 Å². The molecule has 15 heteroatoms. The quantitative estimate of drug-likeness (QED) is 0.228. The number of hydrogen-bond donors (Lipinski definition) is 2. The van der Waals surface area contributed by atoms with Crippen LogP contribution in [0.5, 0.6) is 5.75 Å². The molecule has 2 N–H and O–H groups in total. The van der Waals surface area contributed by atoms with Crippen molar-refractivity contribution in [2.75, 3.05) is 0 Å². The van der Waals surface area contributed by atoms with Gasteiger partial charge in [0.1, 0.15) is 17.7 Å². The Morgan fingerprint density at radius 2 is 1.76 bits per heavy atom. The van der Waals surface area contributed by atoms with E-state index in [4.69, 9.17) is 18.6 Å². The first-order valence-electron chi connectivity index (χ1n) is 15.1. The Hall–Kier alpha value is -4.82. The van der Waals surface area contributed by atoms with Crippen LogP contribution in [0.4, 0.5) is 9.18 Å². The molecule has 2 aromatic heterocycles. The summed E-state index contributed by atoms with van der Waals surface area (Å²) < 4.78 is 36.6. The van der Waals surface area contributed by atoms with Crippen LogP contribution in [0.1, 0.15) is 98.3 Å². The third-order valence-corrected chi connectivity index (χ3v) is 7.34. The lowest BCUT2D eigenvalue weighted by Gasteiger charge is -2.29. The van der Waals surface area contributed by atoms with Gasteiger partial charge >= 0.3 is 18.0 Å². The lowest BCUT2D eigenvalue weighted by atomic mass is 9.98. The molecule has 0 radical (unpaired) electrons. The predicted octanol–water partition coefficient (Wildman–Crippen LogP) is 4.05. The van der Waals surface area contributed by atoms with Crippen molar-refractivity contribution in [3.63, 3.8) is 0 Å². The fraction of sp³-hybridized carbons (Fsp3) is 0.516. The van der Waals surface area contributed by atoms with Gasteiger partial charge in [0.2, 0.25) is 11.6 Å². The Bertz CT molecular complexity index is 1610. The lowest BCUT2D eigenvalue weighted by molar-refractivity contribution is -0.0994. The van der Waals surface area contributed by atoms with Crippen molar-refractivity contribution < 1.29 is 37.4 Å². The highest BCUT2D eigenvalue weighted by molar-refractivity contribution is 5.95. The van der Waals surface area contributed by atoms with E-state index in [2.05, 4.69) is 25.8 Å². The second kappa shape index (κ2) is 14.5. The third kappa shape index (κ3) is 8.46. The molecule has 1 aliphatic rings. The minimum atomic E-state index is -1.35.